The predicted octanol–water partition coefficient (Wildman–Crippen LogP) is -0.350. The van der Waals surface area contributed by atoms with Crippen LogP contribution < -0.4 is 10.6 Å². The lowest BCUT2D eigenvalue weighted by atomic mass is 10.5. The van der Waals surface area contributed by atoms with Crippen LogP contribution in [0.25, 0.3) is 0 Å². The van der Waals surface area contributed by atoms with Gasteiger partial charge in [0.2, 0.25) is 0 Å². The molecule has 0 amide bonds. The van der Waals surface area contributed by atoms with Crippen molar-refractivity contribution in [3.8, 4) is 0 Å². The highest BCUT2D eigenvalue weighted by molar-refractivity contribution is 4.84. The highest BCUT2D eigenvalue weighted by atomic mass is 15.1. The molecule has 34 valence electrons. The fourth-order valence-electron chi connectivity index (χ4n) is 0.429. The number of hydrogen-bond donors (Lipinski definition) is 2. The summed E-state index contributed by atoms with van der Waals surface area (Å²) < 4.78 is 0. The predicted molar refractivity (Wildman–Crippen MR) is 25.1 cm³/mol. The molecule has 2 N–H and O–H groups in total. The molecule has 0 spiro atoms. The smallest absolute Gasteiger partial charge is 0.0650 e. The minimum Gasteiger partial charge on any atom is -0.379 e. The maximum atomic E-state index is 3.09. The summed E-state index contributed by atoms with van der Waals surface area (Å²) in [5.74, 6) is 0. The molecular weight excluding hydrogens is 76.1 g/mol. The third-order valence-electron chi connectivity index (χ3n) is 0.725. The Morgan fingerprint density at radius 1 is 1.50 bits per heavy atom. The Labute approximate surface area is 37.2 Å². The van der Waals surface area contributed by atoms with Gasteiger partial charge in [0, 0.05) is 6.54 Å². The minimum atomic E-state index is 0.913. The molecule has 0 aromatic rings. The highest BCUT2D eigenvalue weighted by Gasteiger charge is 1.81. The fraction of sp³-hybridized carbons (Fsp3) is 0.500. The van der Waals surface area contributed by atoms with E-state index in [1.165, 1.54) is 0 Å². The van der Waals surface area contributed by atoms with Crippen molar-refractivity contribution in [2.75, 3.05) is 13.2 Å². The van der Waals surface area contributed by atoms with Crippen LogP contribution in [-0.4, -0.2) is 13.2 Å². The first-order valence-electron chi connectivity index (χ1n) is 2.09. The molecule has 0 aromatic heterocycles. The van der Waals surface area contributed by atoms with Crippen LogP contribution in [0.2, 0.25) is 0 Å². The molecule has 0 saturated heterocycles. The number of hydrogen-bond acceptors (Lipinski definition) is 2. The van der Waals surface area contributed by atoms with Gasteiger partial charge in [0.1, 0.15) is 0 Å². The standard InChI is InChI=1S/C4H8N2/c1-2-5-4-6-3-1/h1-2,5-6H,3-4H2. The second kappa shape index (κ2) is 1.82. The summed E-state index contributed by atoms with van der Waals surface area (Å²) in [6.07, 6.45) is 4.00. The summed E-state index contributed by atoms with van der Waals surface area (Å²) in [6, 6.07) is 0. The summed E-state index contributed by atoms with van der Waals surface area (Å²) in [7, 11) is 0. The topological polar surface area (TPSA) is 24.1 Å². The van der Waals surface area contributed by atoms with Crippen molar-refractivity contribution in [2.24, 2.45) is 0 Å². The zero-order valence-electron chi connectivity index (χ0n) is 3.57. The number of nitrogens with one attached hydrogen (secondary N) is 2. The van der Waals surface area contributed by atoms with E-state index < -0.39 is 0 Å². The van der Waals surface area contributed by atoms with Gasteiger partial charge in [0.25, 0.3) is 0 Å². The van der Waals surface area contributed by atoms with E-state index in [9.17, 15) is 0 Å². The largest absolute Gasteiger partial charge is 0.379 e. The van der Waals surface area contributed by atoms with Crippen LogP contribution >= 0.6 is 0 Å². The van der Waals surface area contributed by atoms with Crippen LogP contribution in [0, 0.1) is 0 Å². The Hall–Kier alpha value is -0.500. The van der Waals surface area contributed by atoms with Gasteiger partial charge in [-0.2, -0.15) is 0 Å². The molecular formula is C4H8N2. The first-order valence-corrected chi connectivity index (χ1v) is 2.09. The van der Waals surface area contributed by atoms with E-state index in [1.807, 2.05) is 12.3 Å². The van der Waals surface area contributed by atoms with Crippen molar-refractivity contribution < 1.29 is 0 Å². The van der Waals surface area contributed by atoms with Crippen molar-refractivity contribution in [3.63, 3.8) is 0 Å². The average Bonchev–Trinajstić information content (AvgIpc) is 1.72. The highest BCUT2D eigenvalue weighted by Crippen LogP contribution is 1.68. The third kappa shape index (κ3) is 0.723. The molecule has 1 rings (SSSR count). The van der Waals surface area contributed by atoms with Crippen LogP contribution in [0.5, 0.6) is 0 Å². The molecule has 0 aliphatic carbocycles. The summed E-state index contributed by atoms with van der Waals surface area (Å²) in [6.45, 7) is 1.92. The molecule has 0 saturated carbocycles. The molecule has 1 aliphatic heterocycles. The molecule has 1 heterocycles. The second-order valence-electron chi connectivity index (χ2n) is 1.24. The fourth-order valence-corrected chi connectivity index (χ4v) is 0.429. The monoisotopic (exact) mass is 84.1 g/mol. The maximum Gasteiger partial charge on any atom is 0.0650 e. The Balaban J connectivity index is 2.26. The van der Waals surface area contributed by atoms with E-state index in [0.29, 0.717) is 0 Å². The molecule has 0 atom stereocenters. The maximum absolute atomic E-state index is 3.09. The molecule has 0 bridgehead atoms. The zero-order valence-corrected chi connectivity index (χ0v) is 3.57. The van der Waals surface area contributed by atoms with Crippen LogP contribution in [-0.2, 0) is 0 Å². The van der Waals surface area contributed by atoms with E-state index in [0.717, 1.165) is 13.2 Å². The lowest BCUT2D eigenvalue weighted by molar-refractivity contribution is 0.669. The molecule has 0 unspecified atom stereocenters. The van der Waals surface area contributed by atoms with Gasteiger partial charge in [-0.1, -0.05) is 6.08 Å². The van der Waals surface area contributed by atoms with Crippen LogP contribution in [0.1, 0.15) is 0 Å². The SMILES string of the molecule is C1=CNCNC1. The molecule has 0 fully saturated rings. The third-order valence-corrected chi connectivity index (χ3v) is 0.725. The summed E-state index contributed by atoms with van der Waals surface area (Å²) >= 11 is 0. The van der Waals surface area contributed by atoms with Crippen LogP contribution in [0.3, 0.4) is 0 Å². The first kappa shape index (κ1) is 3.68. The minimum absolute atomic E-state index is 0.913. The van der Waals surface area contributed by atoms with E-state index >= 15 is 0 Å². The van der Waals surface area contributed by atoms with Gasteiger partial charge < -0.3 is 5.32 Å². The van der Waals surface area contributed by atoms with Crippen molar-refractivity contribution >= 4 is 0 Å². The van der Waals surface area contributed by atoms with E-state index in [4.69, 9.17) is 0 Å². The quantitative estimate of drug-likeness (QED) is 0.419. The van der Waals surface area contributed by atoms with Gasteiger partial charge in [-0.3, -0.25) is 5.32 Å². The number of rotatable bonds is 0. The van der Waals surface area contributed by atoms with Gasteiger partial charge in [-0.05, 0) is 6.20 Å². The second-order valence-corrected chi connectivity index (χ2v) is 1.24. The van der Waals surface area contributed by atoms with Crippen molar-refractivity contribution in [2.45, 2.75) is 0 Å². The Bertz CT molecular complexity index is 50.6. The van der Waals surface area contributed by atoms with Crippen molar-refractivity contribution in [1.29, 1.82) is 0 Å². The first-order chi connectivity index (χ1) is 3.00. The van der Waals surface area contributed by atoms with Gasteiger partial charge in [0.05, 0.1) is 6.67 Å². The molecule has 0 radical (unpaired) electrons. The Kier molecular flexibility index (Phi) is 1.12. The van der Waals surface area contributed by atoms with Crippen molar-refractivity contribution in [3.05, 3.63) is 12.3 Å². The Morgan fingerprint density at radius 3 is 2.67 bits per heavy atom. The lowest BCUT2D eigenvalue weighted by Crippen LogP contribution is -2.29. The summed E-state index contributed by atoms with van der Waals surface area (Å²) in [5.41, 5.74) is 0. The van der Waals surface area contributed by atoms with Gasteiger partial charge in [-0.15, -0.1) is 0 Å². The van der Waals surface area contributed by atoms with E-state index in [-0.39, 0.29) is 0 Å². The molecule has 2 heteroatoms. The van der Waals surface area contributed by atoms with E-state index in [1.54, 1.807) is 0 Å². The van der Waals surface area contributed by atoms with E-state index in [2.05, 4.69) is 10.6 Å². The van der Waals surface area contributed by atoms with Crippen molar-refractivity contribution in [1.82, 2.24) is 10.6 Å². The van der Waals surface area contributed by atoms with Gasteiger partial charge >= 0.3 is 0 Å². The van der Waals surface area contributed by atoms with Gasteiger partial charge in [-0.25, -0.2) is 0 Å². The van der Waals surface area contributed by atoms with Crippen LogP contribution in [0.4, 0.5) is 0 Å². The molecule has 6 heavy (non-hydrogen) atoms. The zero-order chi connectivity index (χ0) is 4.24. The molecule has 1 aliphatic rings. The normalized spacial score (nSPS) is 20.0. The van der Waals surface area contributed by atoms with Gasteiger partial charge in [0.15, 0.2) is 0 Å². The molecule has 0 aromatic carbocycles. The Morgan fingerprint density at radius 2 is 2.50 bits per heavy atom. The summed E-state index contributed by atoms with van der Waals surface area (Å²) in [5, 5.41) is 6.08. The molecule has 2 nitrogen and oxygen atoms in total. The lowest BCUT2D eigenvalue weighted by Gasteiger charge is -2.05. The summed E-state index contributed by atoms with van der Waals surface area (Å²) in [4.78, 5) is 0. The average molecular weight is 84.1 g/mol. The van der Waals surface area contributed by atoms with Crippen LogP contribution in [0.15, 0.2) is 12.3 Å².